The minimum atomic E-state index is 0.730. The van der Waals surface area contributed by atoms with Gasteiger partial charge in [-0.15, -0.1) is 0 Å². The Balaban J connectivity index is 1.83. The number of aryl methyl sites for hydroxylation is 2. The fraction of sp³-hybridized carbons (Fsp3) is 0.333. The van der Waals surface area contributed by atoms with Crippen molar-refractivity contribution in [1.29, 1.82) is 0 Å². The molecule has 3 nitrogen and oxygen atoms in total. The predicted octanol–water partition coefficient (Wildman–Crippen LogP) is 2.78. The van der Waals surface area contributed by atoms with Crippen LogP contribution < -0.4 is 5.32 Å². The highest BCUT2D eigenvalue weighted by molar-refractivity contribution is 5.14. The molecule has 80 valence electrons. The van der Waals surface area contributed by atoms with Crippen molar-refractivity contribution in [3.63, 3.8) is 0 Å². The quantitative estimate of drug-likeness (QED) is 0.834. The molecule has 0 aliphatic rings. The van der Waals surface area contributed by atoms with Crippen molar-refractivity contribution in [2.75, 3.05) is 0 Å². The van der Waals surface area contributed by atoms with Crippen LogP contribution >= 0.6 is 0 Å². The molecule has 0 unspecified atom stereocenters. The van der Waals surface area contributed by atoms with Gasteiger partial charge in [-0.2, -0.15) is 0 Å². The number of hydrogen-bond donors (Lipinski definition) is 1. The topological polar surface area (TPSA) is 38.3 Å². The van der Waals surface area contributed by atoms with Crippen molar-refractivity contribution >= 4 is 0 Å². The summed E-state index contributed by atoms with van der Waals surface area (Å²) in [6, 6.07) is 5.92. The Morgan fingerprint density at radius 2 is 2.00 bits per heavy atom. The molecule has 0 fully saturated rings. The Kier molecular flexibility index (Phi) is 2.92. The van der Waals surface area contributed by atoms with E-state index < -0.39 is 0 Å². The standard InChI is InChI=1S/C12H15NO2/c1-9-5-6-14-12(9)8-13-7-11-4-3-10(2)15-11/h3-6,13H,7-8H2,1-2H3. The largest absolute Gasteiger partial charge is 0.468 e. The van der Waals surface area contributed by atoms with Gasteiger partial charge in [0.25, 0.3) is 0 Å². The van der Waals surface area contributed by atoms with Crippen LogP contribution in [0, 0.1) is 13.8 Å². The summed E-state index contributed by atoms with van der Waals surface area (Å²) in [5.74, 6) is 2.89. The molecule has 0 aliphatic carbocycles. The second-order valence-electron chi connectivity index (χ2n) is 3.64. The van der Waals surface area contributed by atoms with Crippen molar-refractivity contribution in [3.05, 3.63) is 47.3 Å². The van der Waals surface area contributed by atoms with Crippen LogP contribution in [0.2, 0.25) is 0 Å². The molecule has 0 spiro atoms. The number of hydrogen-bond acceptors (Lipinski definition) is 3. The van der Waals surface area contributed by atoms with E-state index in [-0.39, 0.29) is 0 Å². The smallest absolute Gasteiger partial charge is 0.120 e. The van der Waals surface area contributed by atoms with E-state index in [1.165, 1.54) is 5.56 Å². The van der Waals surface area contributed by atoms with E-state index in [1.807, 2.05) is 32.0 Å². The molecule has 2 aromatic heterocycles. The van der Waals surface area contributed by atoms with Gasteiger partial charge in [-0.3, -0.25) is 0 Å². The normalized spacial score (nSPS) is 10.8. The summed E-state index contributed by atoms with van der Waals surface area (Å²) in [5, 5.41) is 3.27. The zero-order chi connectivity index (χ0) is 10.7. The molecule has 0 atom stereocenters. The van der Waals surface area contributed by atoms with E-state index in [0.29, 0.717) is 0 Å². The van der Waals surface area contributed by atoms with Gasteiger partial charge < -0.3 is 14.2 Å². The first-order valence-corrected chi connectivity index (χ1v) is 5.04. The van der Waals surface area contributed by atoms with Crippen LogP contribution in [0.3, 0.4) is 0 Å². The molecule has 15 heavy (non-hydrogen) atoms. The Morgan fingerprint density at radius 1 is 1.13 bits per heavy atom. The van der Waals surface area contributed by atoms with Gasteiger partial charge in [0.2, 0.25) is 0 Å². The molecule has 2 rings (SSSR count). The van der Waals surface area contributed by atoms with E-state index in [9.17, 15) is 0 Å². The molecule has 3 heteroatoms. The third-order valence-electron chi connectivity index (χ3n) is 2.35. The third kappa shape index (κ3) is 2.50. The maximum atomic E-state index is 5.44. The van der Waals surface area contributed by atoms with Gasteiger partial charge in [0.05, 0.1) is 19.4 Å². The first-order valence-electron chi connectivity index (χ1n) is 5.04. The lowest BCUT2D eigenvalue weighted by Gasteiger charge is -2.00. The van der Waals surface area contributed by atoms with Gasteiger partial charge in [-0.25, -0.2) is 0 Å². The molecule has 2 heterocycles. The molecular weight excluding hydrogens is 190 g/mol. The zero-order valence-corrected chi connectivity index (χ0v) is 9.04. The molecule has 2 aromatic rings. The summed E-state index contributed by atoms with van der Waals surface area (Å²) < 4.78 is 10.8. The molecule has 0 amide bonds. The fourth-order valence-corrected chi connectivity index (χ4v) is 1.46. The lowest BCUT2D eigenvalue weighted by atomic mass is 10.3. The van der Waals surface area contributed by atoms with Gasteiger partial charge in [-0.05, 0) is 37.6 Å². The molecule has 0 aromatic carbocycles. The highest BCUT2D eigenvalue weighted by Crippen LogP contribution is 2.09. The van der Waals surface area contributed by atoms with Crippen LogP contribution in [0.5, 0.6) is 0 Å². The summed E-state index contributed by atoms with van der Waals surface area (Å²) in [4.78, 5) is 0. The molecule has 0 saturated carbocycles. The minimum absolute atomic E-state index is 0.730. The van der Waals surface area contributed by atoms with E-state index >= 15 is 0 Å². The average molecular weight is 205 g/mol. The monoisotopic (exact) mass is 205 g/mol. The molecule has 1 N–H and O–H groups in total. The van der Waals surface area contributed by atoms with E-state index in [4.69, 9.17) is 8.83 Å². The van der Waals surface area contributed by atoms with Gasteiger partial charge in [0, 0.05) is 0 Å². The maximum absolute atomic E-state index is 5.44. The SMILES string of the molecule is Cc1ccc(CNCc2occc2C)o1. The van der Waals surface area contributed by atoms with Crippen LogP contribution in [0.1, 0.15) is 22.8 Å². The van der Waals surface area contributed by atoms with Gasteiger partial charge in [0.15, 0.2) is 0 Å². The van der Waals surface area contributed by atoms with Crippen LogP contribution in [-0.4, -0.2) is 0 Å². The Bertz CT molecular complexity index is 428. The van der Waals surface area contributed by atoms with E-state index in [0.717, 1.165) is 30.4 Å². The Hall–Kier alpha value is -1.48. The third-order valence-corrected chi connectivity index (χ3v) is 2.35. The van der Waals surface area contributed by atoms with Gasteiger partial charge in [-0.1, -0.05) is 0 Å². The first kappa shape index (κ1) is 10.1. The molecule has 0 aliphatic heterocycles. The molecule has 0 bridgehead atoms. The lowest BCUT2D eigenvalue weighted by Crippen LogP contribution is -2.12. The fourth-order valence-electron chi connectivity index (χ4n) is 1.46. The summed E-state index contributed by atoms with van der Waals surface area (Å²) in [6.07, 6.45) is 1.71. The van der Waals surface area contributed by atoms with Gasteiger partial charge in [0.1, 0.15) is 17.3 Å². The van der Waals surface area contributed by atoms with E-state index in [2.05, 4.69) is 5.32 Å². The van der Waals surface area contributed by atoms with Crippen LogP contribution in [0.4, 0.5) is 0 Å². The summed E-state index contributed by atoms with van der Waals surface area (Å²) in [7, 11) is 0. The second kappa shape index (κ2) is 4.36. The molecule has 0 saturated heterocycles. The van der Waals surface area contributed by atoms with E-state index in [1.54, 1.807) is 6.26 Å². The van der Waals surface area contributed by atoms with Crippen molar-refractivity contribution in [3.8, 4) is 0 Å². The van der Waals surface area contributed by atoms with Crippen molar-refractivity contribution in [2.24, 2.45) is 0 Å². The molecule has 0 radical (unpaired) electrons. The second-order valence-corrected chi connectivity index (χ2v) is 3.64. The molecular formula is C12H15NO2. The van der Waals surface area contributed by atoms with Crippen molar-refractivity contribution < 1.29 is 8.83 Å². The first-order chi connectivity index (χ1) is 7.25. The van der Waals surface area contributed by atoms with Crippen molar-refractivity contribution in [1.82, 2.24) is 5.32 Å². The highest BCUT2D eigenvalue weighted by atomic mass is 16.3. The average Bonchev–Trinajstić information content (AvgIpc) is 2.77. The highest BCUT2D eigenvalue weighted by Gasteiger charge is 2.02. The number of furan rings is 2. The van der Waals surface area contributed by atoms with Crippen molar-refractivity contribution in [2.45, 2.75) is 26.9 Å². The van der Waals surface area contributed by atoms with Crippen LogP contribution in [0.25, 0.3) is 0 Å². The summed E-state index contributed by atoms with van der Waals surface area (Å²) in [5.41, 5.74) is 1.18. The van der Waals surface area contributed by atoms with Crippen LogP contribution in [0.15, 0.2) is 33.3 Å². The number of nitrogens with one attached hydrogen (secondary N) is 1. The predicted molar refractivity (Wildman–Crippen MR) is 57.4 cm³/mol. The van der Waals surface area contributed by atoms with Crippen LogP contribution in [-0.2, 0) is 13.1 Å². The minimum Gasteiger partial charge on any atom is -0.468 e. The summed E-state index contributed by atoms with van der Waals surface area (Å²) in [6.45, 7) is 5.45. The number of rotatable bonds is 4. The Morgan fingerprint density at radius 3 is 2.60 bits per heavy atom. The zero-order valence-electron chi connectivity index (χ0n) is 9.04. The lowest BCUT2D eigenvalue weighted by molar-refractivity contribution is 0.439. The Labute approximate surface area is 89.1 Å². The summed E-state index contributed by atoms with van der Waals surface area (Å²) >= 11 is 0. The maximum Gasteiger partial charge on any atom is 0.120 e. The van der Waals surface area contributed by atoms with Gasteiger partial charge >= 0.3 is 0 Å².